The molecule has 0 aromatic heterocycles. The number of methoxy groups -OCH3 is 1. The third kappa shape index (κ3) is 3.67. The molecule has 0 spiro atoms. The van der Waals surface area contributed by atoms with E-state index in [-0.39, 0.29) is 17.1 Å². The molecule has 0 saturated heterocycles. The predicted octanol–water partition coefficient (Wildman–Crippen LogP) is 3.70. The van der Waals surface area contributed by atoms with E-state index in [1.807, 2.05) is 13.0 Å². The molecule has 1 aromatic carbocycles. The van der Waals surface area contributed by atoms with Crippen LogP contribution in [0.3, 0.4) is 0 Å². The lowest BCUT2D eigenvalue weighted by Crippen LogP contribution is -2.16. The highest BCUT2D eigenvalue weighted by molar-refractivity contribution is 8.13. The molecule has 0 N–H and O–H groups in total. The summed E-state index contributed by atoms with van der Waals surface area (Å²) in [5, 5.41) is 0.401. The van der Waals surface area contributed by atoms with E-state index in [1.165, 1.54) is 12.0 Å². The molecule has 20 heavy (non-hydrogen) atoms. The van der Waals surface area contributed by atoms with E-state index in [0.29, 0.717) is 9.92 Å². The van der Waals surface area contributed by atoms with Crippen LogP contribution in [0.25, 0.3) is 0 Å². The summed E-state index contributed by atoms with van der Waals surface area (Å²) >= 11 is 7.36. The van der Waals surface area contributed by atoms with Crippen molar-refractivity contribution in [1.29, 1.82) is 0 Å². The van der Waals surface area contributed by atoms with Gasteiger partial charge < -0.3 is 9.64 Å². The summed E-state index contributed by atoms with van der Waals surface area (Å²) in [5.74, 6) is -0.699. The maximum Gasteiger partial charge on any atom is 0.312 e. The van der Waals surface area contributed by atoms with E-state index < -0.39 is 0 Å². The average molecular weight is 316 g/mol. The van der Waals surface area contributed by atoms with Crippen molar-refractivity contribution in [1.82, 2.24) is 4.90 Å². The quantitative estimate of drug-likeness (QED) is 0.630. The lowest BCUT2D eigenvalue weighted by molar-refractivity contribution is -0.142. The van der Waals surface area contributed by atoms with Crippen LogP contribution >= 0.6 is 23.4 Å². The first-order valence-electron chi connectivity index (χ1n) is 6.05. The van der Waals surface area contributed by atoms with Crippen molar-refractivity contribution in [2.24, 2.45) is 0 Å². The van der Waals surface area contributed by atoms with Gasteiger partial charge in [0.15, 0.2) is 0 Å². The number of nitrogens with zero attached hydrogens (tertiary/aromatic N) is 1. The molecule has 0 bridgehead atoms. The van der Waals surface area contributed by atoms with Crippen molar-refractivity contribution in [3.63, 3.8) is 0 Å². The van der Waals surface area contributed by atoms with Gasteiger partial charge in [-0.05, 0) is 42.8 Å². The molecule has 110 valence electrons. The molecule has 0 radical (unpaired) electrons. The van der Waals surface area contributed by atoms with Gasteiger partial charge in [0.1, 0.15) is 0 Å². The fourth-order valence-electron chi connectivity index (χ4n) is 1.71. The molecule has 0 aliphatic rings. The topological polar surface area (TPSA) is 46.6 Å². The van der Waals surface area contributed by atoms with Crippen LogP contribution in [0, 0.1) is 6.92 Å². The number of carbonyl (C=O) groups excluding carboxylic acids is 2. The van der Waals surface area contributed by atoms with E-state index in [1.54, 1.807) is 27.1 Å². The first-order chi connectivity index (χ1) is 9.29. The Kier molecular flexibility index (Phi) is 5.89. The Morgan fingerprint density at radius 2 is 1.95 bits per heavy atom. The maximum atomic E-state index is 11.7. The maximum absolute atomic E-state index is 11.7. The summed E-state index contributed by atoms with van der Waals surface area (Å²) < 4.78 is 4.74. The number of thioether (sulfide) groups is 1. The van der Waals surface area contributed by atoms with Crippen molar-refractivity contribution < 1.29 is 14.3 Å². The molecule has 0 fully saturated rings. The second kappa shape index (κ2) is 6.99. The van der Waals surface area contributed by atoms with Crippen LogP contribution in [0.1, 0.15) is 24.0 Å². The lowest BCUT2D eigenvalue weighted by Gasteiger charge is -2.16. The van der Waals surface area contributed by atoms with E-state index >= 15 is 0 Å². The van der Waals surface area contributed by atoms with Crippen molar-refractivity contribution in [2.45, 2.75) is 24.7 Å². The van der Waals surface area contributed by atoms with E-state index in [2.05, 4.69) is 0 Å². The first-order valence-corrected chi connectivity index (χ1v) is 7.25. The molecule has 4 nitrogen and oxygen atoms in total. The van der Waals surface area contributed by atoms with Crippen LogP contribution in [-0.2, 0) is 9.53 Å². The molecule has 1 atom stereocenters. The van der Waals surface area contributed by atoms with Crippen LogP contribution in [0.2, 0.25) is 5.02 Å². The average Bonchev–Trinajstić information content (AvgIpc) is 2.42. The van der Waals surface area contributed by atoms with Gasteiger partial charge in [-0.1, -0.05) is 17.7 Å². The largest absolute Gasteiger partial charge is 0.469 e. The first kappa shape index (κ1) is 16.9. The standard InChI is InChI=1S/C14H18ClNO3S/c1-8-10(9(2)13(17)19-5)6-7-11(12(8)15)20-14(18)16(3)4/h6-7,9H,1-5H3. The third-order valence-corrected chi connectivity index (χ3v) is 4.68. The van der Waals surface area contributed by atoms with Gasteiger partial charge in [-0.25, -0.2) is 0 Å². The number of benzene rings is 1. The van der Waals surface area contributed by atoms with Crippen LogP contribution in [0.4, 0.5) is 4.79 Å². The molecule has 1 amide bonds. The minimum atomic E-state index is -0.388. The second-order valence-electron chi connectivity index (χ2n) is 4.60. The van der Waals surface area contributed by atoms with Crippen molar-refractivity contribution in [3.8, 4) is 0 Å². The van der Waals surface area contributed by atoms with E-state index in [9.17, 15) is 9.59 Å². The molecule has 0 aliphatic carbocycles. The molecular formula is C14H18ClNO3S. The SMILES string of the molecule is COC(=O)C(C)c1ccc(SC(=O)N(C)C)c(Cl)c1C. The Hall–Kier alpha value is -1.20. The highest BCUT2D eigenvalue weighted by Gasteiger charge is 2.21. The van der Waals surface area contributed by atoms with Crippen molar-refractivity contribution in [3.05, 3.63) is 28.3 Å². The van der Waals surface area contributed by atoms with Gasteiger partial charge in [-0.15, -0.1) is 0 Å². The van der Waals surface area contributed by atoms with Gasteiger partial charge in [0.2, 0.25) is 0 Å². The molecule has 1 aromatic rings. The predicted molar refractivity (Wildman–Crippen MR) is 81.6 cm³/mol. The van der Waals surface area contributed by atoms with Crippen molar-refractivity contribution in [2.75, 3.05) is 21.2 Å². The zero-order valence-corrected chi connectivity index (χ0v) is 13.8. The fourth-order valence-corrected chi connectivity index (χ4v) is 2.75. The van der Waals surface area contributed by atoms with E-state index in [0.717, 1.165) is 22.9 Å². The molecule has 0 aliphatic heterocycles. The Balaban J connectivity index is 3.09. The monoisotopic (exact) mass is 315 g/mol. The molecule has 0 saturated carbocycles. The summed E-state index contributed by atoms with van der Waals surface area (Å²) in [6, 6.07) is 3.57. The minimum absolute atomic E-state index is 0.0972. The van der Waals surface area contributed by atoms with Crippen LogP contribution < -0.4 is 0 Å². The summed E-state index contributed by atoms with van der Waals surface area (Å²) in [5.41, 5.74) is 1.60. The van der Waals surface area contributed by atoms with Crippen LogP contribution in [0.15, 0.2) is 17.0 Å². The van der Waals surface area contributed by atoms with Gasteiger partial charge in [0, 0.05) is 19.0 Å². The van der Waals surface area contributed by atoms with Crippen LogP contribution in [0.5, 0.6) is 0 Å². The fraction of sp³-hybridized carbons (Fsp3) is 0.429. The van der Waals surface area contributed by atoms with E-state index in [4.69, 9.17) is 16.3 Å². The Morgan fingerprint density at radius 1 is 1.35 bits per heavy atom. The number of esters is 1. The summed E-state index contributed by atoms with van der Waals surface area (Å²) in [7, 11) is 4.73. The number of halogens is 1. The molecule has 1 unspecified atom stereocenters. The number of rotatable bonds is 3. The smallest absolute Gasteiger partial charge is 0.312 e. The van der Waals surface area contributed by atoms with Crippen molar-refractivity contribution >= 4 is 34.6 Å². The zero-order valence-electron chi connectivity index (χ0n) is 12.2. The second-order valence-corrected chi connectivity index (χ2v) is 5.97. The lowest BCUT2D eigenvalue weighted by atomic mass is 9.96. The Morgan fingerprint density at radius 3 is 2.45 bits per heavy atom. The number of hydrogen-bond donors (Lipinski definition) is 0. The number of carbonyl (C=O) groups is 2. The molecular weight excluding hydrogens is 298 g/mol. The highest BCUT2D eigenvalue weighted by Crippen LogP contribution is 2.35. The van der Waals surface area contributed by atoms with Gasteiger partial charge >= 0.3 is 5.97 Å². The van der Waals surface area contributed by atoms with Gasteiger partial charge in [0.05, 0.1) is 18.1 Å². The zero-order chi connectivity index (χ0) is 15.4. The van der Waals surface area contributed by atoms with Gasteiger partial charge in [0.25, 0.3) is 5.24 Å². The highest BCUT2D eigenvalue weighted by atomic mass is 35.5. The number of amides is 1. The van der Waals surface area contributed by atoms with Crippen LogP contribution in [-0.4, -0.2) is 37.3 Å². The number of ether oxygens (including phenoxy) is 1. The van der Waals surface area contributed by atoms with Gasteiger partial charge in [-0.3, -0.25) is 9.59 Å². The Labute approximate surface area is 128 Å². The molecule has 0 heterocycles. The summed E-state index contributed by atoms with van der Waals surface area (Å²) in [4.78, 5) is 25.5. The Bertz CT molecular complexity index is 531. The molecule has 6 heteroatoms. The summed E-state index contributed by atoms with van der Waals surface area (Å²) in [6.07, 6.45) is 0. The molecule has 1 rings (SSSR count). The van der Waals surface area contributed by atoms with Gasteiger partial charge in [-0.2, -0.15) is 0 Å². The minimum Gasteiger partial charge on any atom is -0.469 e. The third-order valence-electron chi connectivity index (χ3n) is 2.98. The number of hydrogen-bond acceptors (Lipinski definition) is 4. The normalized spacial score (nSPS) is 11.9. The summed E-state index contributed by atoms with van der Waals surface area (Å²) in [6.45, 7) is 3.60.